The van der Waals surface area contributed by atoms with Gasteiger partial charge in [0.1, 0.15) is 0 Å². The molecule has 0 atom stereocenters. The lowest BCUT2D eigenvalue weighted by molar-refractivity contribution is 0.627. The monoisotopic (exact) mass is 206 g/mol. The average molecular weight is 206 g/mol. The van der Waals surface area contributed by atoms with E-state index in [1.165, 1.54) is 6.21 Å². The Morgan fingerprint density at radius 1 is 1.07 bits per heavy atom. The third kappa shape index (κ3) is 1.62. The maximum Gasteiger partial charge on any atom is 0.241 e. The van der Waals surface area contributed by atoms with Crippen molar-refractivity contribution in [2.45, 2.75) is 0 Å². The lowest BCUT2D eigenvalue weighted by atomic mass is 10.2. The number of benzene rings is 1. The minimum atomic E-state index is -2.31. The predicted octanol–water partition coefficient (Wildman–Crippen LogP) is 0.527. The summed E-state index contributed by atoms with van der Waals surface area (Å²) in [5.74, 6) is 0.435. The average Bonchev–Trinajstić information content (AvgIpc) is 2.68. The quantitative estimate of drug-likeness (QED) is 0.629. The summed E-state index contributed by atoms with van der Waals surface area (Å²) < 4.78 is 21.1. The Kier molecular flexibility index (Phi) is 2.24. The van der Waals surface area contributed by atoms with Gasteiger partial charge in [0.25, 0.3) is 0 Å². The molecule has 0 aromatic heterocycles. The number of rotatable bonds is 1. The van der Waals surface area contributed by atoms with E-state index in [-0.39, 0.29) is 4.99 Å². The van der Waals surface area contributed by atoms with E-state index >= 15 is 0 Å². The molecule has 1 aromatic carbocycles. The molecule has 0 spiro atoms. The van der Waals surface area contributed by atoms with Crippen molar-refractivity contribution in [3.05, 3.63) is 35.9 Å². The Balaban J connectivity index is 2.48. The molecule has 1 aliphatic rings. The molecule has 5 heteroatoms. The maximum absolute atomic E-state index is 10.5. The molecule has 70 valence electrons. The predicted molar refractivity (Wildman–Crippen MR) is 55.4 cm³/mol. The fraction of sp³-hybridized carbons (Fsp3) is 0. The van der Waals surface area contributed by atoms with Crippen molar-refractivity contribution in [2.75, 3.05) is 0 Å². The summed E-state index contributed by atoms with van der Waals surface area (Å²) in [5.41, 5.74) is 0.809. The van der Waals surface area contributed by atoms with Gasteiger partial charge in [-0.15, -0.1) is 0 Å². The first-order chi connectivity index (χ1) is 6.77. The third-order valence-corrected chi connectivity index (χ3v) is 2.25. The fourth-order valence-electron chi connectivity index (χ4n) is 1.09. The number of nitrogens with zero attached hydrogens (tertiary/aromatic N) is 2. The van der Waals surface area contributed by atoms with Crippen LogP contribution in [0.2, 0.25) is 0 Å². The second-order valence-corrected chi connectivity index (χ2v) is 3.52. The lowest BCUT2D eigenvalue weighted by Crippen LogP contribution is -1.94. The van der Waals surface area contributed by atoms with Crippen LogP contribution in [0.3, 0.4) is 0 Å². The van der Waals surface area contributed by atoms with E-state index in [4.69, 9.17) is 0 Å². The zero-order valence-corrected chi connectivity index (χ0v) is 7.90. The molecule has 0 saturated carbocycles. The van der Waals surface area contributed by atoms with Gasteiger partial charge >= 0.3 is 0 Å². The Morgan fingerprint density at radius 2 is 1.79 bits per heavy atom. The van der Waals surface area contributed by atoms with Gasteiger partial charge in [-0.3, -0.25) is 0 Å². The second-order valence-electron chi connectivity index (χ2n) is 2.63. The highest BCUT2D eigenvalue weighted by atomic mass is 32.2. The summed E-state index contributed by atoms with van der Waals surface area (Å²) >= 11 is 0. The number of aliphatic imine (C=N–C) groups is 2. The number of amidine groups is 1. The smallest absolute Gasteiger partial charge is 0.233 e. The Hall–Kier alpha value is -1.75. The molecule has 0 radical (unpaired) electrons. The van der Waals surface area contributed by atoms with Crippen molar-refractivity contribution in [3.8, 4) is 0 Å². The highest BCUT2D eigenvalue weighted by molar-refractivity contribution is 7.74. The topological polar surface area (TPSA) is 58.9 Å². The molecule has 0 N–H and O–H groups in total. The van der Waals surface area contributed by atoms with Crippen LogP contribution in [0.4, 0.5) is 0 Å². The summed E-state index contributed by atoms with van der Waals surface area (Å²) in [4.78, 5) is 7.74. The van der Waals surface area contributed by atoms with E-state index < -0.39 is 10.3 Å². The van der Waals surface area contributed by atoms with Crippen LogP contribution in [0.5, 0.6) is 0 Å². The number of hydrogen-bond acceptors (Lipinski definition) is 3. The Labute approximate surface area is 82.2 Å². The van der Waals surface area contributed by atoms with Crippen molar-refractivity contribution in [1.82, 2.24) is 0 Å². The van der Waals surface area contributed by atoms with E-state index in [0.29, 0.717) is 5.84 Å². The van der Waals surface area contributed by atoms with Crippen LogP contribution in [0.25, 0.3) is 0 Å². The van der Waals surface area contributed by atoms with Crippen molar-refractivity contribution in [1.29, 1.82) is 0 Å². The number of hydrogen-bond donors (Lipinski definition) is 0. The van der Waals surface area contributed by atoms with Crippen molar-refractivity contribution in [3.63, 3.8) is 0 Å². The standard InChI is InChI=1S/C9H6N2O2S/c12-14(13)8-6-10-9(11-8)7-4-2-1-3-5-7/h1-6H. The third-order valence-electron chi connectivity index (χ3n) is 1.72. The van der Waals surface area contributed by atoms with Crippen LogP contribution in [0.15, 0.2) is 40.3 Å². The summed E-state index contributed by atoms with van der Waals surface area (Å²) in [5, 5.41) is 0. The van der Waals surface area contributed by atoms with Gasteiger partial charge in [-0.25, -0.2) is 9.98 Å². The molecule has 1 heterocycles. The first-order valence-electron chi connectivity index (χ1n) is 3.92. The molecule has 1 aromatic rings. The molecule has 2 rings (SSSR count). The van der Waals surface area contributed by atoms with Crippen LogP contribution < -0.4 is 0 Å². The van der Waals surface area contributed by atoms with Crippen LogP contribution in [-0.4, -0.2) is 25.5 Å². The minimum Gasteiger partial charge on any atom is -0.233 e. The molecule has 1 aliphatic heterocycles. The van der Waals surface area contributed by atoms with E-state index in [1.54, 1.807) is 0 Å². The summed E-state index contributed by atoms with van der Waals surface area (Å²) in [7, 11) is -2.31. The van der Waals surface area contributed by atoms with E-state index in [0.717, 1.165) is 5.56 Å². The van der Waals surface area contributed by atoms with Gasteiger partial charge in [-0.2, -0.15) is 8.42 Å². The first-order valence-corrected chi connectivity index (χ1v) is 4.99. The molecule has 4 nitrogen and oxygen atoms in total. The summed E-state index contributed by atoms with van der Waals surface area (Å²) in [6.07, 6.45) is 1.24. The molecule has 0 aliphatic carbocycles. The molecule has 0 saturated heterocycles. The van der Waals surface area contributed by atoms with E-state index in [1.807, 2.05) is 30.3 Å². The van der Waals surface area contributed by atoms with E-state index in [9.17, 15) is 8.42 Å². The zero-order valence-electron chi connectivity index (χ0n) is 7.08. The fourth-order valence-corrected chi connectivity index (χ4v) is 1.38. The first kappa shape index (κ1) is 8.83. The van der Waals surface area contributed by atoms with Crippen LogP contribution in [0, 0.1) is 0 Å². The van der Waals surface area contributed by atoms with Crippen LogP contribution in [-0.2, 0) is 10.3 Å². The highest BCUT2D eigenvalue weighted by Crippen LogP contribution is 2.05. The molecule has 14 heavy (non-hydrogen) atoms. The molecule has 0 bridgehead atoms. The summed E-state index contributed by atoms with van der Waals surface area (Å²) in [6, 6.07) is 9.22. The van der Waals surface area contributed by atoms with Crippen LogP contribution in [0.1, 0.15) is 5.56 Å². The zero-order chi connectivity index (χ0) is 9.97. The molecular formula is C9H6N2O2S. The van der Waals surface area contributed by atoms with Gasteiger partial charge in [0.15, 0.2) is 5.84 Å². The Morgan fingerprint density at radius 3 is 2.36 bits per heavy atom. The summed E-state index contributed by atoms with van der Waals surface area (Å²) in [6.45, 7) is 0. The molecule has 0 amide bonds. The van der Waals surface area contributed by atoms with Gasteiger partial charge in [-0.1, -0.05) is 30.3 Å². The van der Waals surface area contributed by atoms with Gasteiger partial charge in [0, 0.05) is 5.56 Å². The molecular weight excluding hydrogens is 200 g/mol. The SMILES string of the molecule is O=S(=O)=C1C=NC(c2ccccc2)=N1. The minimum absolute atomic E-state index is 0.0242. The van der Waals surface area contributed by atoms with Gasteiger partial charge < -0.3 is 0 Å². The van der Waals surface area contributed by atoms with Crippen molar-refractivity contribution < 1.29 is 8.42 Å². The maximum atomic E-state index is 10.5. The highest BCUT2D eigenvalue weighted by Gasteiger charge is 2.09. The van der Waals surface area contributed by atoms with Gasteiger partial charge in [0.2, 0.25) is 15.3 Å². The van der Waals surface area contributed by atoms with Crippen molar-refractivity contribution >= 4 is 27.3 Å². The molecule has 0 unspecified atom stereocenters. The molecule has 0 fully saturated rings. The van der Waals surface area contributed by atoms with Gasteiger partial charge in [-0.05, 0) is 0 Å². The second kappa shape index (κ2) is 3.55. The largest absolute Gasteiger partial charge is 0.241 e. The lowest BCUT2D eigenvalue weighted by Gasteiger charge is -1.93. The normalized spacial score (nSPS) is 14.3. The van der Waals surface area contributed by atoms with E-state index in [2.05, 4.69) is 9.98 Å². The van der Waals surface area contributed by atoms with Crippen molar-refractivity contribution in [2.24, 2.45) is 9.98 Å². The Bertz CT molecular complexity index is 533. The van der Waals surface area contributed by atoms with Gasteiger partial charge in [0.05, 0.1) is 6.21 Å². The van der Waals surface area contributed by atoms with Crippen LogP contribution >= 0.6 is 0 Å².